The molecule has 0 bridgehead atoms. The largest absolute Gasteiger partial charge is 0.327 e. The predicted molar refractivity (Wildman–Crippen MR) is 77.5 cm³/mol. The van der Waals surface area contributed by atoms with Crippen molar-refractivity contribution in [1.82, 2.24) is 10.6 Å². The van der Waals surface area contributed by atoms with Crippen LogP contribution in [0.15, 0.2) is 24.3 Å². The third-order valence-electron chi connectivity index (χ3n) is 3.33. The second-order valence-electron chi connectivity index (χ2n) is 5.02. The normalized spacial score (nSPS) is 14.3. The van der Waals surface area contributed by atoms with Crippen LogP contribution in [0.5, 0.6) is 0 Å². The van der Waals surface area contributed by atoms with E-state index in [9.17, 15) is 14.4 Å². The van der Waals surface area contributed by atoms with Crippen molar-refractivity contribution in [3.8, 4) is 11.8 Å². The van der Waals surface area contributed by atoms with Crippen LogP contribution in [0.1, 0.15) is 30.9 Å². The lowest BCUT2D eigenvalue weighted by atomic mass is 9.97. The maximum Gasteiger partial charge on any atom is 0.322 e. The Labute approximate surface area is 123 Å². The highest BCUT2D eigenvalue weighted by Crippen LogP contribution is 2.46. The van der Waals surface area contributed by atoms with E-state index < -0.39 is 11.9 Å². The van der Waals surface area contributed by atoms with Crippen molar-refractivity contribution in [3.05, 3.63) is 35.4 Å². The summed E-state index contributed by atoms with van der Waals surface area (Å²) >= 11 is 0. The number of rotatable bonds is 3. The highest BCUT2D eigenvalue weighted by Gasteiger charge is 2.43. The molecule has 1 aromatic carbocycles. The number of nitrogens with one attached hydrogen (secondary N) is 2. The fourth-order valence-electron chi connectivity index (χ4n) is 1.97. The van der Waals surface area contributed by atoms with Crippen LogP contribution in [0, 0.1) is 11.8 Å². The van der Waals surface area contributed by atoms with E-state index in [4.69, 9.17) is 0 Å². The second kappa shape index (κ2) is 6.23. The molecule has 1 aliphatic rings. The van der Waals surface area contributed by atoms with Gasteiger partial charge >= 0.3 is 6.03 Å². The summed E-state index contributed by atoms with van der Waals surface area (Å²) in [5, 5.41) is 4.54. The van der Waals surface area contributed by atoms with Crippen molar-refractivity contribution in [3.63, 3.8) is 0 Å². The predicted octanol–water partition coefficient (Wildman–Crippen LogP) is 1.11. The fraction of sp³-hybridized carbons (Fsp3) is 0.312. The maximum absolute atomic E-state index is 11.1. The van der Waals surface area contributed by atoms with Crippen molar-refractivity contribution in [2.24, 2.45) is 0 Å². The summed E-state index contributed by atoms with van der Waals surface area (Å²) in [5.74, 6) is 5.28. The first-order valence-corrected chi connectivity index (χ1v) is 6.67. The quantitative estimate of drug-likeness (QED) is 0.645. The zero-order valence-corrected chi connectivity index (χ0v) is 11.7. The van der Waals surface area contributed by atoms with E-state index in [1.165, 1.54) is 6.92 Å². The van der Waals surface area contributed by atoms with E-state index in [1.54, 1.807) is 0 Å². The number of benzene rings is 1. The zero-order valence-electron chi connectivity index (χ0n) is 11.7. The molecule has 0 radical (unpaired) electrons. The Bertz CT molecular complexity index is 619. The molecular formula is C16H16N2O3. The van der Waals surface area contributed by atoms with Crippen molar-refractivity contribution in [2.45, 2.75) is 25.2 Å². The Hall–Kier alpha value is -2.61. The average molecular weight is 284 g/mol. The minimum absolute atomic E-state index is 0.152. The molecular weight excluding hydrogens is 268 g/mol. The van der Waals surface area contributed by atoms with Crippen molar-refractivity contribution in [2.75, 3.05) is 6.54 Å². The van der Waals surface area contributed by atoms with Gasteiger partial charge in [0.15, 0.2) is 0 Å². The van der Waals surface area contributed by atoms with E-state index in [-0.39, 0.29) is 12.0 Å². The van der Waals surface area contributed by atoms with Crippen LogP contribution in [0.3, 0.4) is 0 Å². The molecule has 1 fully saturated rings. The molecule has 0 unspecified atom stereocenters. The molecule has 21 heavy (non-hydrogen) atoms. The molecule has 0 aromatic heterocycles. The number of amides is 3. The Kier molecular flexibility index (Phi) is 4.39. The molecule has 1 aromatic rings. The van der Waals surface area contributed by atoms with Crippen LogP contribution in [-0.2, 0) is 15.0 Å². The number of aldehydes is 1. The van der Waals surface area contributed by atoms with Gasteiger partial charge in [0.05, 0.1) is 12.0 Å². The van der Waals surface area contributed by atoms with Gasteiger partial charge in [-0.2, -0.15) is 0 Å². The number of carbonyl (C=O) groups is 3. The van der Waals surface area contributed by atoms with Gasteiger partial charge in [-0.3, -0.25) is 10.1 Å². The van der Waals surface area contributed by atoms with Gasteiger partial charge in [-0.15, -0.1) is 0 Å². The van der Waals surface area contributed by atoms with Crippen LogP contribution in [-0.4, -0.2) is 24.8 Å². The lowest BCUT2D eigenvalue weighted by Gasteiger charge is -2.06. The summed E-state index contributed by atoms with van der Waals surface area (Å²) in [6.45, 7) is 1.41. The zero-order chi connectivity index (χ0) is 15.3. The molecule has 0 heterocycles. The summed E-state index contributed by atoms with van der Waals surface area (Å²) in [5.41, 5.74) is 1.58. The molecule has 5 nitrogen and oxygen atoms in total. The van der Waals surface area contributed by atoms with Crippen LogP contribution in [0.2, 0.25) is 0 Å². The minimum atomic E-state index is -0.561. The highest BCUT2D eigenvalue weighted by molar-refractivity contribution is 5.93. The Morgan fingerprint density at radius 1 is 1.29 bits per heavy atom. The van der Waals surface area contributed by atoms with Gasteiger partial charge in [0, 0.05) is 12.5 Å². The second-order valence-corrected chi connectivity index (χ2v) is 5.02. The summed E-state index contributed by atoms with van der Waals surface area (Å²) in [6.07, 6.45) is 2.85. The number of carbonyl (C=O) groups excluding carboxylic acids is 3. The van der Waals surface area contributed by atoms with Gasteiger partial charge in [-0.25, -0.2) is 4.79 Å². The Morgan fingerprint density at radius 3 is 2.48 bits per heavy atom. The van der Waals surface area contributed by atoms with E-state index in [1.807, 2.05) is 24.3 Å². The first kappa shape index (κ1) is 14.8. The monoisotopic (exact) mass is 284 g/mol. The standard InChI is InChI=1S/C16H16N2O3/c1-12(20)18-15(21)17-10-2-3-13-4-6-14(7-5-13)16(11-19)8-9-16/h4-7,11H,8-10H2,1H3,(H2,17,18,20,21). The molecule has 1 saturated carbocycles. The number of hydrogen-bond acceptors (Lipinski definition) is 3. The Morgan fingerprint density at radius 2 is 1.95 bits per heavy atom. The molecule has 0 atom stereocenters. The third-order valence-corrected chi connectivity index (χ3v) is 3.33. The molecule has 5 heteroatoms. The SMILES string of the molecule is CC(=O)NC(=O)NCC#Cc1ccc(C2(C=O)CC2)cc1. The van der Waals surface area contributed by atoms with Gasteiger partial charge in [-0.05, 0) is 30.5 Å². The summed E-state index contributed by atoms with van der Waals surface area (Å²) in [4.78, 5) is 32.8. The third kappa shape index (κ3) is 3.93. The lowest BCUT2D eigenvalue weighted by molar-refractivity contribution is -0.118. The number of urea groups is 1. The maximum atomic E-state index is 11.1. The number of hydrogen-bond donors (Lipinski definition) is 2. The fourth-order valence-corrected chi connectivity index (χ4v) is 1.97. The molecule has 108 valence electrons. The molecule has 0 spiro atoms. The molecule has 1 aliphatic carbocycles. The smallest absolute Gasteiger partial charge is 0.322 e. The van der Waals surface area contributed by atoms with Crippen LogP contribution < -0.4 is 10.6 Å². The highest BCUT2D eigenvalue weighted by atomic mass is 16.2. The van der Waals surface area contributed by atoms with Crippen LogP contribution >= 0.6 is 0 Å². The van der Waals surface area contributed by atoms with E-state index in [2.05, 4.69) is 22.5 Å². The summed E-state index contributed by atoms with van der Waals surface area (Å²) < 4.78 is 0. The van der Waals surface area contributed by atoms with Gasteiger partial charge in [0.25, 0.3) is 0 Å². The number of imide groups is 1. The van der Waals surface area contributed by atoms with E-state index in [0.717, 1.165) is 30.3 Å². The molecule has 0 aliphatic heterocycles. The first-order chi connectivity index (χ1) is 10.1. The van der Waals surface area contributed by atoms with Gasteiger partial charge in [-0.1, -0.05) is 24.0 Å². The average Bonchev–Trinajstić information content (AvgIpc) is 3.25. The molecule has 3 amide bonds. The van der Waals surface area contributed by atoms with Gasteiger partial charge in [0.2, 0.25) is 5.91 Å². The molecule has 2 rings (SSSR count). The van der Waals surface area contributed by atoms with Crippen LogP contribution in [0.25, 0.3) is 0 Å². The first-order valence-electron chi connectivity index (χ1n) is 6.67. The van der Waals surface area contributed by atoms with Crippen molar-refractivity contribution >= 4 is 18.2 Å². The Balaban J connectivity index is 1.87. The summed E-state index contributed by atoms with van der Waals surface area (Å²) in [7, 11) is 0. The topological polar surface area (TPSA) is 75.3 Å². The van der Waals surface area contributed by atoms with Crippen LogP contribution in [0.4, 0.5) is 4.79 Å². The minimum Gasteiger partial charge on any atom is -0.327 e. The van der Waals surface area contributed by atoms with E-state index >= 15 is 0 Å². The molecule has 2 N–H and O–H groups in total. The van der Waals surface area contributed by atoms with E-state index in [0.29, 0.717) is 0 Å². The van der Waals surface area contributed by atoms with Gasteiger partial charge < -0.3 is 10.1 Å². The lowest BCUT2D eigenvalue weighted by Crippen LogP contribution is -2.38. The van der Waals surface area contributed by atoms with Crippen molar-refractivity contribution in [1.29, 1.82) is 0 Å². The van der Waals surface area contributed by atoms with Gasteiger partial charge in [0.1, 0.15) is 6.29 Å². The summed E-state index contributed by atoms with van der Waals surface area (Å²) in [6, 6.07) is 7.00. The molecule has 0 saturated heterocycles. The van der Waals surface area contributed by atoms with Crippen molar-refractivity contribution < 1.29 is 14.4 Å².